The fraction of sp³-hybridized carbons (Fsp3) is 0.600. The standard InChI is InChI=1S/C10H18.2C9H13.C2H8Si.Zr/c1-5-6-7-8-10(4)9(2)3;2*1-6-5-7(2)9(4)8(6)3;1-3-2;/h5H,1,6-8H2,2-4H3;2*6H,1-4H3;3H2,1-2H3;/q;2*-1;;+2. The maximum absolute atomic E-state index is 3.69. The van der Waals surface area contributed by atoms with Gasteiger partial charge in [0, 0.05) is 9.52 Å². The Balaban J connectivity index is -0.000000366. The molecule has 2 rings (SSSR count). The Morgan fingerprint density at radius 2 is 1.19 bits per heavy atom. The molecule has 0 saturated carbocycles. The van der Waals surface area contributed by atoms with Crippen molar-refractivity contribution in [3.05, 3.63) is 69.4 Å². The number of hydrogen-bond donors (Lipinski definition) is 0. The van der Waals surface area contributed by atoms with Crippen LogP contribution in [0.4, 0.5) is 0 Å². The van der Waals surface area contributed by atoms with E-state index in [0.29, 0.717) is 21.4 Å². The summed E-state index contributed by atoms with van der Waals surface area (Å²) in [7, 11) is 0.417. The number of unbranched alkanes of at least 4 members (excludes halogenated alkanes) is 1. The molecule has 0 aromatic carbocycles. The third-order valence-electron chi connectivity index (χ3n) is 6.29. The Labute approximate surface area is 224 Å². The van der Waals surface area contributed by atoms with Crippen molar-refractivity contribution in [1.29, 1.82) is 0 Å². The number of hydrogen-bond acceptors (Lipinski definition) is 0. The first kappa shape index (κ1) is 36.1. The minimum Gasteiger partial charge on any atom is -0.266 e. The maximum atomic E-state index is 3.69. The summed E-state index contributed by atoms with van der Waals surface area (Å²) in [6.07, 6.45) is 12.3. The molecule has 0 radical (unpaired) electrons. The molecule has 0 aromatic rings. The van der Waals surface area contributed by atoms with E-state index in [0.717, 1.165) is 6.42 Å². The molecule has 2 aliphatic carbocycles. The molecule has 0 heterocycles. The molecule has 32 heavy (non-hydrogen) atoms. The van der Waals surface area contributed by atoms with Crippen molar-refractivity contribution >= 4 is 9.52 Å². The zero-order chi connectivity index (χ0) is 24.7. The average molecular weight is 532 g/mol. The molecule has 0 bridgehead atoms. The first-order valence-corrected chi connectivity index (χ1v) is 15.0. The summed E-state index contributed by atoms with van der Waals surface area (Å²) in [5, 5.41) is 0. The van der Waals surface area contributed by atoms with Gasteiger partial charge in [0.05, 0.1) is 0 Å². The first-order valence-electron chi connectivity index (χ1n) is 12.1. The van der Waals surface area contributed by atoms with Gasteiger partial charge in [-0.2, -0.15) is 22.3 Å². The number of rotatable bonds is 4. The molecule has 2 heteroatoms. The van der Waals surface area contributed by atoms with Gasteiger partial charge < -0.3 is 0 Å². The van der Waals surface area contributed by atoms with E-state index < -0.39 is 0 Å². The molecule has 0 spiro atoms. The molecule has 0 nitrogen and oxygen atoms in total. The smallest absolute Gasteiger partial charge is 0.266 e. The van der Waals surface area contributed by atoms with Crippen molar-refractivity contribution in [2.24, 2.45) is 11.8 Å². The van der Waals surface area contributed by atoms with Gasteiger partial charge in [-0.25, -0.2) is 11.1 Å². The van der Waals surface area contributed by atoms with E-state index in [1.807, 2.05) is 6.08 Å². The predicted molar refractivity (Wildman–Crippen MR) is 148 cm³/mol. The van der Waals surface area contributed by atoms with Crippen LogP contribution < -0.4 is 0 Å². The Morgan fingerprint density at radius 1 is 0.844 bits per heavy atom. The maximum Gasteiger partial charge on any atom is 2.00 e. The van der Waals surface area contributed by atoms with Crippen LogP contribution in [0.3, 0.4) is 0 Å². The Hall–Kier alpha value is -0.460. The van der Waals surface area contributed by atoms with E-state index in [1.54, 1.807) is 0 Å². The summed E-state index contributed by atoms with van der Waals surface area (Å²) in [5.41, 5.74) is 11.5. The SMILES string of the molecule is C=CCCCC(C)=C(C)C.CC1=[C-]C(C)C(C)=C1C.CC1=[C-]C(C)C(C)=C1C.C[SiH2]C.[Zr+2]. The number of allylic oxidation sites excluding steroid dienone is 11. The Bertz CT molecular complexity index is 665. The minimum atomic E-state index is 0. The van der Waals surface area contributed by atoms with Crippen LogP contribution in [-0.4, -0.2) is 9.52 Å². The first-order chi connectivity index (χ1) is 14.3. The molecular formula is C30H52SiZr. The van der Waals surface area contributed by atoms with Crippen LogP contribution in [0.5, 0.6) is 0 Å². The summed E-state index contributed by atoms with van der Waals surface area (Å²) in [6.45, 7) is 32.1. The van der Waals surface area contributed by atoms with Gasteiger partial charge in [0.2, 0.25) is 0 Å². The van der Waals surface area contributed by atoms with Crippen molar-refractivity contribution in [1.82, 2.24) is 0 Å². The molecule has 180 valence electrons. The van der Waals surface area contributed by atoms with Crippen LogP contribution in [-0.2, 0) is 26.2 Å². The van der Waals surface area contributed by atoms with Crippen molar-refractivity contribution in [3.63, 3.8) is 0 Å². The zero-order valence-corrected chi connectivity index (χ0v) is 27.6. The zero-order valence-electron chi connectivity index (χ0n) is 23.8. The summed E-state index contributed by atoms with van der Waals surface area (Å²) in [6, 6.07) is 0. The van der Waals surface area contributed by atoms with Gasteiger partial charge in [0.1, 0.15) is 0 Å². The Kier molecular flexibility index (Phi) is 22.5. The molecule has 0 aromatic heterocycles. The minimum absolute atomic E-state index is 0. The quantitative estimate of drug-likeness (QED) is 0.147. The summed E-state index contributed by atoms with van der Waals surface area (Å²) in [4.78, 5) is 0. The predicted octanol–water partition coefficient (Wildman–Crippen LogP) is 9.39. The van der Waals surface area contributed by atoms with Crippen LogP contribution in [0.2, 0.25) is 13.1 Å². The molecule has 0 aliphatic heterocycles. The monoisotopic (exact) mass is 530 g/mol. The van der Waals surface area contributed by atoms with E-state index in [1.165, 1.54) is 57.4 Å². The van der Waals surface area contributed by atoms with Gasteiger partial charge >= 0.3 is 26.2 Å². The second-order valence-corrected chi connectivity index (χ2v) is 10.7. The van der Waals surface area contributed by atoms with Crippen LogP contribution in [0.15, 0.2) is 57.2 Å². The van der Waals surface area contributed by atoms with Crippen molar-refractivity contribution in [2.45, 2.75) is 109 Å². The normalized spacial score (nSPS) is 18.7. The second kappa shape index (κ2) is 20.0. The van der Waals surface area contributed by atoms with E-state index in [9.17, 15) is 0 Å². The van der Waals surface area contributed by atoms with Gasteiger partial charge in [0.25, 0.3) is 0 Å². The average Bonchev–Trinajstić information content (AvgIpc) is 3.06. The molecular weight excluding hydrogens is 480 g/mol. The summed E-state index contributed by atoms with van der Waals surface area (Å²) in [5.74, 6) is 1.12. The van der Waals surface area contributed by atoms with Gasteiger partial charge in [-0.15, -0.1) is 20.4 Å². The van der Waals surface area contributed by atoms with E-state index in [4.69, 9.17) is 0 Å². The third kappa shape index (κ3) is 14.6. The summed E-state index contributed by atoms with van der Waals surface area (Å²) >= 11 is 0. The van der Waals surface area contributed by atoms with Crippen LogP contribution >= 0.6 is 0 Å². The van der Waals surface area contributed by atoms with E-state index in [2.05, 4.69) is 108 Å². The van der Waals surface area contributed by atoms with Crippen LogP contribution in [0, 0.1) is 24.0 Å². The molecule has 0 amide bonds. The van der Waals surface area contributed by atoms with Gasteiger partial charge in [-0.3, -0.25) is 12.2 Å². The fourth-order valence-electron chi connectivity index (χ4n) is 3.09. The van der Waals surface area contributed by atoms with Gasteiger partial charge in [0.15, 0.2) is 0 Å². The van der Waals surface area contributed by atoms with E-state index >= 15 is 0 Å². The van der Waals surface area contributed by atoms with Crippen LogP contribution in [0.1, 0.15) is 95.4 Å². The van der Waals surface area contributed by atoms with Crippen molar-refractivity contribution < 1.29 is 26.2 Å². The largest absolute Gasteiger partial charge is 2.00 e. The molecule has 2 unspecified atom stereocenters. The van der Waals surface area contributed by atoms with E-state index in [-0.39, 0.29) is 26.2 Å². The molecule has 0 fully saturated rings. The third-order valence-corrected chi connectivity index (χ3v) is 6.29. The van der Waals surface area contributed by atoms with Gasteiger partial charge in [-0.1, -0.05) is 83.7 Å². The van der Waals surface area contributed by atoms with Crippen molar-refractivity contribution in [2.75, 3.05) is 0 Å². The van der Waals surface area contributed by atoms with Gasteiger partial charge in [-0.05, 0) is 40.0 Å². The fourth-order valence-corrected chi connectivity index (χ4v) is 3.09. The molecule has 2 aliphatic rings. The second-order valence-electron chi connectivity index (χ2n) is 9.27. The topological polar surface area (TPSA) is 0 Å². The molecule has 2 atom stereocenters. The Morgan fingerprint density at radius 3 is 1.34 bits per heavy atom. The van der Waals surface area contributed by atoms with Crippen LogP contribution in [0.25, 0.3) is 0 Å². The summed E-state index contributed by atoms with van der Waals surface area (Å²) < 4.78 is 0. The molecule has 0 saturated heterocycles. The van der Waals surface area contributed by atoms with Crippen molar-refractivity contribution in [3.8, 4) is 0 Å². The molecule has 0 N–H and O–H groups in total.